The lowest BCUT2D eigenvalue weighted by atomic mass is 9.50. The van der Waals surface area contributed by atoms with Crippen molar-refractivity contribution in [2.24, 2.45) is 16.7 Å². The molecule has 2 aliphatic heterocycles. The average Bonchev–Trinajstić information content (AvgIpc) is 3.76. The first-order valence-electron chi connectivity index (χ1n) is 15.3. The van der Waals surface area contributed by atoms with Gasteiger partial charge in [-0.2, -0.15) is 0 Å². The van der Waals surface area contributed by atoms with Gasteiger partial charge < -0.3 is 38.6 Å². The van der Waals surface area contributed by atoms with Gasteiger partial charge >= 0.3 is 11.9 Å². The van der Waals surface area contributed by atoms with E-state index in [9.17, 15) is 19.8 Å². The van der Waals surface area contributed by atoms with Crippen LogP contribution in [0.5, 0.6) is 0 Å². The van der Waals surface area contributed by atoms with Gasteiger partial charge in [0.05, 0.1) is 42.0 Å². The van der Waals surface area contributed by atoms with E-state index >= 15 is 0 Å². The van der Waals surface area contributed by atoms with Crippen molar-refractivity contribution >= 4 is 11.9 Å². The first-order chi connectivity index (χ1) is 20.3. The van der Waals surface area contributed by atoms with Crippen molar-refractivity contribution in [1.29, 1.82) is 0 Å². The second-order valence-electron chi connectivity index (χ2n) is 13.8. The van der Waals surface area contributed by atoms with Crippen molar-refractivity contribution < 1.29 is 48.2 Å². The maximum atomic E-state index is 14.0. The molecule has 5 aliphatic rings. The fourth-order valence-electron chi connectivity index (χ4n) is 8.79. The van der Waals surface area contributed by atoms with Crippen LogP contribution in [0.15, 0.2) is 41.5 Å². The molecule has 10 atom stereocenters. The number of carbonyl (C=O) groups is 2. The number of fused-ring (bicyclic) bond motifs is 4. The van der Waals surface area contributed by atoms with Gasteiger partial charge in [-0.05, 0) is 57.7 Å². The molecule has 10 nitrogen and oxygen atoms in total. The normalized spacial score (nSPS) is 40.7. The van der Waals surface area contributed by atoms with Gasteiger partial charge in [-0.15, -0.1) is 0 Å². The molecular formula is C33H44O10. The van der Waals surface area contributed by atoms with Gasteiger partial charge in [-0.25, -0.2) is 4.79 Å². The predicted octanol–water partition coefficient (Wildman–Crippen LogP) is 3.33. The largest absolute Gasteiger partial charge is 0.457 e. The Bertz CT molecular complexity index is 1280. The number of benzene rings is 1. The van der Waals surface area contributed by atoms with Crippen molar-refractivity contribution in [1.82, 2.24) is 0 Å². The molecule has 3 aliphatic carbocycles. The molecule has 2 heterocycles. The molecule has 0 bridgehead atoms. The number of hydrogen-bond donors (Lipinski definition) is 2. The summed E-state index contributed by atoms with van der Waals surface area (Å²) in [6.07, 6.45) is -1.93. The van der Waals surface area contributed by atoms with Gasteiger partial charge in [0.1, 0.15) is 18.3 Å². The summed E-state index contributed by atoms with van der Waals surface area (Å²) >= 11 is 0. The number of rotatable bonds is 8. The first-order valence-corrected chi connectivity index (χ1v) is 15.3. The molecule has 2 N–H and O–H groups in total. The summed E-state index contributed by atoms with van der Waals surface area (Å²) in [4.78, 5) is 26.7. The zero-order chi connectivity index (χ0) is 30.9. The average molecular weight is 601 g/mol. The fourth-order valence-corrected chi connectivity index (χ4v) is 8.79. The van der Waals surface area contributed by atoms with Gasteiger partial charge in [0.25, 0.3) is 0 Å². The Hall–Kier alpha value is -2.34. The van der Waals surface area contributed by atoms with Crippen molar-refractivity contribution in [3.8, 4) is 0 Å². The molecule has 0 spiro atoms. The maximum absolute atomic E-state index is 14.0. The number of carbonyl (C=O) groups excluding carboxylic acids is 2. The van der Waals surface area contributed by atoms with E-state index in [4.69, 9.17) is 28.4 Å². The van der Waals surface area contributed by atoms with Crippen LogP contribution in [-0.2, 0) is 33.2 Å². The third kappa shape index (κ3) is 4.68. The van der Waals surface area contributed by atoms with E-state index in [0.717, 1.165) is 11.1 Å². The summed E-state index contributed by atoms with van der Waals surface area (Å²) in [5.41, 5.74) is -2.49. The molecule has 6 rings (SSSR count). The summed E-state index contributed by atoms with van der Waals surface area (Å²) in [6, 6.07) is 8.71. The molecule has 236 valence electrons. The SMILES string of the molecule is COC(OC1CC2OCC2(OC(C)=O)C2C(OC(=O)c3ccccc3)C3(C(C)(C)O)CC(O)C(C)=C3CCC12C)C1CO1. The van der Waals surface area contributed by atoms with Crippen molar-refractivity contribution in [3.05, 3.63) is 47.0 Å². The maximum Gasteiger partial charge on any atom is 0.338 e. The van der Waals surface area contributed by atoms with E-state index in [2.05, 4.69) is 6.92 Å². The highest BCUT2D eigenvalue weighted by atomic mass is 16.7. The summed E-state index contributed by atoms with van der Waals surface area (Å²) in [5.74, 6) is -1.69. The number of methoxy groups -OCH3 is 1. The predicted molar refractivity (Wildman–Crippen MR) is 153 cm³/mol. The van der Waals surface area contributed by atoms with Crippen molar-refractivity contribution in [3.63, 3.8) is 0 Å². The van der Waals surface area contributed by atoms with Crippen LogP contribution in [0, 0.1) is 16.7 Å². The molecule has 10 heteroatoms. The van der Waals surface area contributed by atoms with Crippen LogP contribution in [0.25, 0.3) is 0 Å². The third-order valence-corrected chi connectivity index (χ3v) is 11.0. The Balaban J connectivity index is 1.57. The minimum Gasteiger partial charge on any atom is -0.457 e. The third-order valence-electron chi connectivity index (χ3n) is 11.0. The van der Waals surface area contributed by atoms with Gasteiger partial charge in [0, 0.05) is 31.8 Å². The zero-order valence-corrected chi connectivity index (χ0v) is 25.8. The first kappa shape index (κ1) is 30.7. The summed E-state index contributed by atoms with van der Waals surface area (Å²) < 4.78 is 36.9. The van der Waals surface area contributed by atoms with Gasteiger partial charge in [-0.1, -0.05) is 30.7 Å². The molecule has 1 aromatic carbocycles. The van der Waals surface area contributed by atoms with E-state index < -0.39 is 70.6 Å². The second-order valence-corrected chi connectivity index (χ2v) is 13.8. The van der Waals surface area contributed by atoms with E-state index in [1.165, 1.54) is 6.92 Å². The Morgan fingerprint density at radius 1 is 1.16 bits per heavy atom. The molecular weight excluding hydrogens is 556 g/mol. The molecule has 4 fully saturated rings. The number of epoxide rings is 1. The monoisotopic (exact) mass is 600 g/mol. The lowest BCUT2D eigenvalue weighted by Gasteiger charge is -2.65. The van der Waals surface area contributed by atoms with Crippen LogP contribution in [0.2, 0.25) is 0 Å². The fraction of sp³-hybridized carbons (Fsp3) is 0.697. The molecule has 43 heavy (non-hydrogen) atoms. The van der Waals surface area contributed by atoms with Crippen LogP contribution >= 0.6 is 0 Å². The highest BCUT2D eigenvalue weighted by Gasteiger charge is 2.76. The van der Waals surface area contributed by atoms with Gasteiger partial charge in [-0.3, -0.25) is 4.79 Å². The Labute approximate surface area is 252 Å². The number of esters is 2. The number of ether oxygens (including phenoxy) is 6. The van der Waals surface area contributed by atoms with E-state index in [-0.39, 0.29) is 19.1 Å². The number of aliphatic hydroxyl groups excluding tert-OH is 1. The standard InChI is InChI=1S/C33H44O10/c1-18-21-12-13-31(5)24(41-29(38-6)23-16-39-23)14-25-33(17-40-25,43-19(2)34)26(31)27(32(21,15-22(18)35)30(3,4)37)42-28(36)20-10-8-7-9-11-20/h7-11,22-27,29,35,37H,12-17H2,1-6H3. The molecule has 0 radical (unpaired) electrons. The minimum absolute atomic E-state index is 0.117. The Morgan fingerprint density at radius 3 is 2.42 bits per heavy atom. The summed E-state index contributed by atoms with van der Waals surface area (Å²) in [5, 5.41) is 23.4. The molecule has 2 saturated carbocycles. The van der Waals surface area contributed by atoms with E-state index in [0.29, 0.717) is 31.4 Å². The van der Waals surface area contributed by atoms with Gasteiger partial charge in [0.15, 0.2) is 11.9 Å². The molecule has 2 saturated heterocycles. The van der Waals surface area contributed by atoms with Crippen LogP contribution in [0.3, 0.4) is 0 Å². The highest BCUT2D eigenvalue weighted by molar-refractivity contribution is 5.89. The van der Waals surface area contributed by atoms with Gasteiger partial charge in [0.2, 0.25) is 0 Å². The second kappa shape index (κ2) is 10.6. The van der Waals surface area contributed by atoms with Crippen LogP contribution in [-0.4, -0.2) is 90.5 Å². The van der Waals surface area contributed by atoms with E-state index in [1.807, 2.05) is 13.0 Å². The molecule has 0 aromatic heterocycles. The number of hydrogen-bond acceptors (Lipinski definition) is 10. The minimum atomic E-state index is -1.43. The van der Waals surface area contributed by atoms with Crippen LogP contribution in [0.1, 0.15) is 70.7 Å². The van der Waals surface area contributed by atoms with Crippen molar-refractivity contribution in [2.75, 3.05) is 20.3 Å². The Kier molecular flexibility index (Phi) is 7.59. The summed E-state index contributed by atoms with van der Waals surface area (Å²) in [7, 11) is 1.58. The number of aliphatic hydroxyl groups is 2. The van der Waals surface area contributed by atoms with Crippen LogP contribution < -0.4 is 0 Å². The lowest BCUT2D eigenvalue weighted by molar-refractivity contribution is -0.354. The molecule has 1 aromatic rings. The molecule has 10 unspecified atom stereocenters. The van der Waals surface area contributed by atoms with Crippen molar-refractivity contribution in [2.45, 2.75) is 108 Å². The quantitative estimate of drug-likeness (QED) is 0.198. The van der Waals surface area contributed by atoms with E-state index in [1.54, 1.807) is 45.2 Å². The summed E-state index contributed by atoms with van der Waals surface area (Å²) in [6.45, 7) is 9.42. The Morgan fingerprint density at radius 2 is 1.86 bits per heavy atom. The lowest BCUT2D eigenvalue weighted by Crippen LogP contribution is -2.77. The topological polar surface area (TPSA) is 133 Å². The smallest absolute Gasteiger partial charge is 0.338 e. The highest BCUT2D eigenvalue weighted by Crippen LogP contribution is 2.68. The molecule has 0 amide bonds. The zero-order valence-electron chi connectivity index (χ0n) is 25.8. The van der Waals surface area contributed by atoms with Crippen LogP contribution in [0.4, 0.5) is 0 Å².